The normalized spacial score (nSPS) is 13.8. The van der Waals surface area contributed by atoms with E-state index in [1.807, 2.05) is 19.1 Å². The third-order valence-electron chi connectivity index (χ3n) is 5.49. The lowest BCUT2D eigenvalue weighted by molar-refractivity contribution is 0.0471. The minimum absolute atomic E-state index is 0.00346. The van der Waals surface area contributed by atoms with Crippen molar-refractivity contribution in [2.24, 2.45) is 0 Å². The largest absolute Gasteiger partial charge is 0.460 e. The molecule has 1 aliphatic heterocycles. The number of anilines is 1. The van der Waals surface area contributed by atoms with Gasteiger partial charge in [-0.2, -0.15) is 4.68 Å². The second kappa shape index (κ2) is 10.5. The molecule has 10 nitrogen and oxygen atoms in total. The zero-order valence-corrected chi connectivity index (χ0v) is 19.3. The molecule has 4 rings (SSSR count). The number of hydrogen-bond acceptors (Lipinski definition) is 8. The highest BCUT2D eigenvalue weighted by Gasteiger charge is 2.25. The van der Waals surface area contributed by atoms with Crippen LogP contribution in [0.1, 0.15) is 59.6 Å². The predicted molar refractivity (Wildman–Crippen MR) is 124 cm³/mol. The summed E-state index contributed by atoms with van der Waals surface area (Å²) in [6.45, 7) is 6.95. The van der Waals surface area contributed by atoms with E-state index in [1.165, 1.54) is 18.9 Å². The SMILES string of the molecule is CCCOC(=O)c1cc2c(o1)c(NC(=O)c1ccc(CN3CCCC3)cc1)nn2C(=O)OCC. The van der Waals surface area contributed by atoms with Gasteiger partial charge >= 0.3 is 12.1 Å². The van der Waals surface area contributed by atoms with Crippen LogP contribution in [0.3, 0.4) is 0 Å². The molecule has 0 saturated carbocycles. The molecule has 0 bridgehead atoms. The number of carbonyl (C=O) groups is 3. The zero-order valence-electron chi connectivity index (χ0n) is 19.3. The molecule has 1 aromatic carbocycles. The molecule has 180 valence electrons. The van der Waals surface area contributed by atoms with Crippen LogP contribution >= 0.6 is 0 Å². The maximum Gasteiger partial charge on any atom is 0.435 e. The Balaban J connectivity index is 1.56. The van der Waals surface area contributed by atoms with Crippen LogP contribution in [0.15, 0.2) is 34.7 Å². The average molecular weight is 469 g/mol. The molecule has 0 spiro atoms. The molecule has 0 aliphatic carbocycles. The molecule has 2 aromatic heterocycles. The quantitative estimate of drug-likeness (QED) is 0.492. The van der Waals surface area contributed by atoms with E-state index in [9.17, 15) is 14.4 Å². The minimum Gasteiger partial charge on any atom is -0.460 e. The summed E-state index contributed by atoms with van der Waals surface area (Å²) in [5.41, 5.74) is 1.83. The maximum absolute atomic E-state index is 12.9. The number of nitrogens with one attached hydrogen (secondary N) is 1. The van der Waals surface area contributed by atoms with Crippen molar-refractivity contribution < 1.29 is 28.3 Å². The number of ether oxygens (including phenoxy) is 2. The van der Waals surface area contributed by atoms with Crippen molar-refractivity contribution in [2.75, 3.05) is 31.6 Å². The maximum atomic E-state index is 12.9. The molecule has 3 aromatic rings. The smallest absolute Gasteiger partial charge is 0.435 e. The molecule has 1 fully saturated rings. The number of nitrogens with zero attached hydrogens (tertiary/aromatic N) is 3. The Morgan fingerprint density at radius 3 is 2.50 bits per heavy atom. The van der Waals surface area contributed by atoms with Gasteiger partial charge in [-0.3, -0.25) is 9.69 Å². The van der Waals surface area contributed by atoms with Gasteiger partial charge < -0.3 is 19.2 Å². The van der Waals surface area contributed by atoms with Gasteiger partial charge in [-0.25, -0.2) is 9.59 Å². The van der Waals surface area contributed by atoms with Crippen LogP contribution in [0.5, 0.6) is 0 Å². The molecule has 34 heavy (non-hydrogen) atoms. The van der Waals surface area contributed by atoms with Crippen molar-refractivity contribution in [3.63, 3.8) is 0 Å². The first kappa shape index (κ1) is 23.5. The van der Waals surface area contributed by atoms with E-state index in [1.54, 1.807) is 19.1 Å². The van der Waals surface area contributed by atoms with Crippen molar-refractivity contribution in [2.45, 2.75) is 39.7 Å². The number of likely N-dealkylation sites (tertiary alicyclic amines) is 1. The lowest BCUT2D eigenvalue weighted by atomic mass is 10.1. The fourth-order valence-corrected chi connectivity index (χ4v) is 3.82. The Bertz CT molecular complexity index is 1170. The number of furan rings is 1. The van der Waals surface area contributed by atoms with Gasteiger partial charge in [0.25, 0.3) is 5.91 Å². The monoisotopic (exact) mass is 468 g/mol. The van der Waals surface area contributed by atoms with Crippen LogP contribution < -0.4 is 5.32 Å². The number of aromatic nitrogens is 2. The van der Waals surface area contributed by atoms with Crippen LogP contribution in [-0.4, -0.2) is 59.0 Å². The molecule has 3 heterocycles. The third-order valence-corrected chi connectivity index (χ3v) is 5.49. The Hall–Kier alpha value is -3.66. The van der Waals surface area contributed by atoms with Gasteiger partial charge in [-0.05, 0) is 57.0 Å². The van der Waals surface area contributed by atoms with E-state index in [0.29, 0.717) is 12.0 Å². The number of carbonyl (C=O) groups excluding carboxylic acids is 3. The highest BCUT2D eigenvalue weighted by atomic mass is 16.6. The highest BCUT2D eigenvalue weighted by Crippen LogP contribution is 2.28. The number of amides is 1. The van der Waals surface area contributed by atoms with Crippen LogP contribution in [0, 0.1) is 0 Å². The molecule has 1 amide bonds. The predicted octanol–water partition coefficient (Wildman–Crippen LogP) is 4.05. The van der Waals surface area contributed by atoms with Gasteiger partial charge in [-0.15, -0.1) is 5.10 Å². The topological polar surface area (TPSA) is 116 Å². The summed E-state index contributed by atoms with van der Waals surface area (Å²) in [6, 6.07) is 8.69. The van der Waals surface area contributed by atoms with Crippen LogP contribution in [-0.2, 0) is 16.0 Å². The van der Waals surface area contributed by atoms with Crippen molar-refractivity contribution in [3.8, 4) is 0 Å². The Labute approximate surface area is 196 Å². The van der Waals surface area contributed by atoms with Crippen molar-refractivity contribution in [3.05, 3.63) is 47.2 Å². The van der Waals surface area contributed by atoms with Crippen LogP contribution in [0.4, 0.5) is 10.6 Å². The molecule has 1 saturated heterocycles. The molecule has 1 aliphatic rings. The van der Waals surface area contributed by atoms with E-state index in [4.69, 9.17) is 13.9 Å². The fraction of sp³-hybridized carbons (Fsp3) is 0.417. The number of fused-ring (bicyclic) bond motifs is 1. The third kappa shape index (κ3) is 5.12. The molecule has 0 radical (unpaired) electrons. The Kier molecular flexibility index (Phi) is 7.27. The van der Waals surface area contributed by atoms with Gasteiger partial charge in [0.1, 0.15) is 5.52 Å². The lowest BCUT2D eigenvalue weighted by Gasteiger charge is -2.14. The van der Waals surface area contributed by atoms with Gasteiger partial charge in [-0.1, -0.05) is 19.1 Å². The molecule has 10 heteroatoms. The second-order valence-corrected chi connectivity index (χ2v) is 8.05. The molecule has 0 atom stereocenters. The summed E-state index contributed by atoms with van der Waals surface area (Å²) < 4.78 is 16.7. The van der Waals surface area contributed by atoms with E-state index in [0.717, 1.165) is 29.9 Å². The first-order chi connectivity index (χ1) is 16.5. The summed E-state index contributed by atoms with van der Waals surface area (Å²) in [5, 5.41) is 6.81. The number of rotatable bonds is 8. The Morgan fingerprint density at radius 2 is 1.82 bits per heavy atom. The average Bonchev–Trinajstić information content (AvgIpc) is 3.56. The summed E-state index contributed by atoms with van der Waals surface area (Å²) in [7, 11) is 0. The molecular formula is C24H28N4O6. The summed E-state index contributed by atoms with van der Waals surface area (Å²) in [4.78, 5) is 39.9. The van der Waals surface area contributed by atoms with E-state index in [2.05, 4.69) is 15.3 Å². The fourth-order valence-electron chi connectivity index (χ4n) is 3.82. The molecular weight excluding hydrogens is 440 g/mol. The van der Waals surface area contributed by atoms with Gasteiger partial charge in [0.15, 0.2) is 11.4 Å². The van der Waals surface area contributed by atoms with Crippen LogP contribution in [0.2, 0.25) is 0 Å². The molecule has 0 unspecified atom stereocenters. The van der Waals surface area contributed by atoms with Crippen LogP contribution in [0.25, 0.3) is 11.1 Å². The first-order valence-electron chi connectivity index (χ1n) is 11.5. The number of benzene rings is 1. The van der Waals surface area contributed by atoms with E-state index >= 15 is 0 Å². The van der Waals surface area contributed by atoms with Gasteiger partial charge in [0.2, 0.25) is 5.76 Å². The van der Waals surface area contributed by atoms with Gasteiger partial charge in [0, 0.05) is 18.2 Å². The minimum atomic E-state index is -0.756. The Morgan fingerprint density at radius 1 is 1.09 bits per heavy atom. The van der Waals surface area contributed by atoms with Gasteiger partial charge in [0.05, 0.1) is 13.2 Å². The van der Waals surface area contributed by atoms with E-state index < -0.39 is 18.0 Å². The standard InChI is InChI=1S/C24H28N4O6/c1-3-13-33-23(30)19-14-18-20(34-19)21(26-28(18)24(31)32-4-2)25-22(29)17-9-7-16(8-10-17)15-27-11-5-6-12-27/h7-10,14H,3-6,11-13,15H2,1-2H3,(H,25,26,29). The summed E-state index contributed by atoms with van der Waals surface area (Å²) in [6.07, 6.45) is 2.34. The molecule has 1 N–H and O–H groups in total. The lowest BCUT2D eigenvalue weighted by Crippen LogP contribution is -2.18. The van der Waals surface area contributed by atoms with Crippen molar-refractivity contribution in [1.29, 1.82) is 0 Å². The zero-order chi connectivity index (χ0) is 24.1. The summed E-state index contributed by atoms with van der Waals surface area (Å²) in [5.74, 6) is -1.18. The number of esters is 1. The second-order valence-electron chi connectivity index (χ2n) is 8.05. The van der Waals surface area contributed by atoms with Crippen molar-refractivity contribution >= 4 is 34.9 Å². The first-order valence-corrected chi connectivity index (χ1v) is 11.5. The summed E-state index contributed by atoms with van der Waals surface area (Å²) >= 11 is 0. The highest BCUT2D eigenvalue weighted by molar-refractivity contribution is 6.08. The van der Waals surface area contributed by atoms with E-state index in [-0.39, 0.29) is 35.9 Å². The number of hydrogen-bond donors (Lipinski definition) is 1. The van der Waals surface area contributed by atoms with Crippen molar-refractivity contribution in [1.82, 2.24) is 14.7 Å².